The molecule has 0 unspecified atom stereocenters. The van der Waals surface area contributed by atoms with Gasteiger partial charge in [-0.05, 0) is 11.5 Å². The summed E-state index contributed by atoms with van der Waals surface area (Å²) in [6, 6.07) is 16.9. The minimum atomic E-state index is -0.620. The SMILES string of the molecule is N#CCN(CC#N)c1ncnc(Nc2cccc3ccccc23)c1[N+](=O)[O-]. The number of rotatable bonds is 6. The van der Waals surface area contributed by atoms with Crippen LogP contribution in [0.4, 0.5) is 23.0 Å². The van der Waals surface area contributed by atoms with Gasteiger partial charge >= 0.3 is 5.69 Å². The van der Waals surface area contributed by atoms with Gasteiger partial charge in [-0.2, -0.15) is 10.5 Å². The van der Waals surface area contributed by atoms with E-state index in [1.807, 2.05) is 48.5 Å². The lowest BCUT2D eigenvalue weighted by atomic mass is 10.1. The number of fused-ring (bicyclic) bond motifs is 1. The van der Waals surface area contributed by atoms with E-state index in [9.17, 15) is 10.1 Å². The lowest BCUT2D eigenvalue weighted by molar-refractivity contribution is -0.383. The van der Waals surface area contributed by atoms with Crippen LogP contribution in [0.3, 0.4) is 0 Å². The third-order valence-electron chi connectivity index (χ3n) is 3.85. The van der Waals surface area contributed by atoms with E-state index >= 15 is 0 Å². The molecule has 3 aromatic rings. The molecular weight excluding hydrogens is 346 g/mol. The van der Waals surface area contributed by atoms with Crippen molar-refractivity contribution in [1.29, 1.82) is 10.5 Å². The number of nitrogens with zero attached hydrogens (tertiary/aromatic N) is 6. The normalized spacial score (nSPS) is 10.0. The summed E-state index contributed by atoms with van der Waals surface area (Å²) in [5.74, 6) is -0.0944. The second-order valence-electron chi connectivity index (χ2n) is 5.48. The Labute approximate surface area is 154 Å². The van der Waals surface area contributed by atoms with E-state index in [0.29, 0.717) is 5.69 Å². The van der Waals surface area contributed by atoms with Crippen LogP contribution >= 0.6 is 0 Å². The Morgan fingerprint density at radius 2 is 1.78 bits per heavy atom. The molecule has 9 heteroatoms. The molecule has 0 aliphatic carbocycles. The summed E-state index contributed by atoms with van der Waals surface area (Å²) >= 11 is 0. The summed E-state index contributed by atoms with van der Waals surface area (Å²) in [6.45, 7) is -0.418. The standard InChI is InChI=1S/C18H13N7O2/c19-8-10-24(11-9-20)18-16(25(26)27)17(21-12-22-18)23-15-7-3-5-13-4-1-2-6-14(13)15/h1-7,12H,10-11H2,(H,21,22,23). The number of nitrogens with one attached hydrogen (secondary N) is 1. The molecule has 0 bridgehead atoms. The minimum Gasteiger partial charge on any atom is -0.334 e. The highest BCUT2D eigenvalue weighted by Gasteiger charge is 2.27. The molecule has 0 radical (unpaired) electrons. The van der Waals surface area contributed by atoms with Gasteiger partial charge in [-0.15, -0.1) is 0 Å². The van der Waals surface area contributed by atoms with E-state index in [4.69, 9.17) is 10.5 Å². The first-order chi connectivity index (χ1) is 13.2. The fourth-order valence-electron chi connectivity index (χ4n) is 2.70. The molecule has 1 heterocycles. The van der Waals surface area contributed by atoms with Gasteiger partial charge in [0.05, 0.1) is 17.1 Å². The number of benzene rings is 2. The van der Waals surface area contributed by atoms with Gasteiger partial charge in [-0.1, -0.05) is 36.4 Å². The molecular formula is C18H13N7O2. The summed E-state index contributed by atoms with van der Waals surface area (Å²) in [5.41, 5.74) is 0.254. The van der Waals surface area contributed by atoms with Gasteiger partial charge in [0.25, 0.3) is 0 Å². The molecule has 0 saturated heterocycles. The second kappa shape index (κ2) is 7.76. The quantitative estimate of drug-likeness (QED) is 0.403. The molecule has 0 fully saturated rings. The van der Waals surface area contributed by atoms with Crippen LogP contribution in [0.25, 0.3) is 10.8 Å². The summed E-state index contributed by atoms with van der Waals surface area (Å²) in [5, 5.41) is 34.4. The fourth-order valence-corrected chi connectivity index (χ4v) is 2.70. The van der Waals surface area contributed by atoms with Crippen molar-refractivity contribution in [3.63, 3.8) is 0 Å². The van der Waals surface area contributed by atoms with Crippen LogP contribution in [0.1, 0.15) is 0 Å². The van der Waals surface area contributed by atoms with E-state index in [2.05, 4.69) is 15.3 Å². The molecule has 9 nitrogen and oxygen atoms in total. The minimum absolute atomic E-state index is 0.0118. The highest BCUT2D eigenvalue weighted by Crippen LogP contribution is 2.35. The van der Waals surface area contributed by atoms with Crippen molar-refractivity contribution >= 4 is 33.8 Å². The molecule has 1 N–H and O–H groups in total. The van der Waals surface area contributed by atoms with Gasteiger partial charge in [0.15, 0.2) is 0 Å². The molecule has 27 heavy (non-hydrogen) atoms. The van der Waals surface area contributed by atoms with Crippen LogP contribution < -0.4 is 10.2 Å². The zero-order chi connectivity index (χ0) is 19.2. The Morgan fingerprint density at radius 1 is 1.07 bits per heavy atom. The Bertz CT molecular complexity index is 1060. The first-order valence-electron chi connectivity index (χ1n) is 7.88. The monoisotopic (exact) mass is 359 g/mol. The highest BCUT2D eigenvalue weighted by atomic mass is 16.6. The predicted molar refractivity (Wildman–Crippen MR) is 99.4 cm³/mol. The van der Waals surface area contributed by atoms with Crippen molar-refractivity contribution in [2.24, 2.45) is 0 Å². The zero-order valence-corrected chi connectivity index (χ0v) is 14.0. The first kappa shape index (κ1) is 17.6. The number of nitriles is 2. The topological polar surface area (TPSA) is 132 Å². The molecule has 0 aliphatic rings. The van der Waals surface area contributed by atoms with E-state index in [1.54, 1.807) is 6.07 Å². The average molecular weight is 359 g/mol. The number of hydrogen-bond acceptors (Lipinski definition) is 8. The summed E-state index contributed by atoms with van der Waals surface area (Å²) in [7, 11) is 0. The maximum Gasteiger partial charge on any atom is 0.353 e. The molecule has 0 aliphatic heterocycles. The van der Waals surface area contributed by atoms with E-state index in [-0.39, 0.29) is 24.7 Å². The van der Waals surface area contributed by atoms with Crippen molar-refractivity contribution in [1.82, 2.24) is 9.97 Å². The van der Waals surface area contributed by atoms with E-state index in [0.717, 1.165) is 17.1 Å². The van der Waals surface area contributed by atoms with Crippen molar-refractivity contribution in [2.75, 3.05) is 23.3 Å². The Morgan fingerprint density at radius 3 is 2.48 bits per heavy atom. The van der Waals surface area contributed by atoms with Gasteiger partial charge in [0.1, 0.15) is 19.4 Å². The Kier molecular flexibility index (Phi) is 5.05. The molecule has 0 atom stereocenters. The lowest BCUT2D eigenvalue weighted by Gasteiger charge is -2.17. The van der Waals surface area contributed by atoms with E-state index < -0.39 is 10.6 Å². The fraction of sp³-hybridized carbons (Fsp3) is 0.111. The number of nitro groups is 1. The highest BCUT2D eigenvalue weighted by molar-refractivity contribution is 5.96. The molecule has 0 saturated carbocycles. The van der Waals surface area contributed by atoms with Crippen LogP contribution in [0, 0.1) is 32.8 Å². The third-order valence-corrected chi connectivity index (χ3v) is 3.85. The van der Waals surface area contributed by atoms with E-state index in [1.165, 1.54) is 4.90 Å². The smallest absolute Gasteiger partial charge is 0.334 e. The Hall–Kier alpha value is -4.24. The van der Waals surface area contributed by atoms with Gasteiger partial charge in [-0.3, -0.25) is 10.1 Å². The molecule has 0 amide bonds. The van der Waals surface area contributed by atoms with Crippen molar-refractivity contribution in [2.45, 2.75) is 0 Å². The number of anilines is 3. The molecule has 1 aromatic heterocycles. The maximum absolute atomic E-state index is 11.7. The van der Waals surface area contributed by atoms with Gasteiger partial charge in [-0.25, -0.2) is 9.97 Å². The zero-order valence-electron chi connectivity index (χ0n) is 14.0. The molecule has 0 spiro atoms. The van der Waals surface area contributed by atoms with Crippen molar-refractivity contribution in [3.05, 3.63) is 58.9 Å². The van der Waals surface area contributed by atoms with Crippen LogP contribution in [-0.2, 0) is 0 Å². The number of aromatic nitrogens is 2. The van der Waals surface area contributed by atoms with Crippen LogP contribution in [0.15, 0.2) is 48.8 Å². The molecule has 132 valence electrons. The average Bonchev–Trinajstić information content (AvgIpc) is 2.68. The van der Waals surface area contributed by atoms with Crippen LogP contribution in [0.2, 0.25) is 0 Å². The maximum atomic E-state index is 11.7. The third kappa shape index (κ3) is 3.57. The van der Waals surface area contributed by atoms with Crippen molar-refractivity contribution in [3.8, 4) is 12.1 Å². The number of hydrogen-bond donors (Lipinski definition) is 1. The summed E-state index contributed by atoms with van der Waals surface area (Å²) in [6.07, 6.45) is 1.16. The van der Waals surface area contributed by atoms with Crippen LogP contribution in [-0.4, -0.2) is 28.0 Å². The summed E-state index contributed by atoms with van der Waals surface area (Å²) < 4.78 is 0. The van der Waals surface area contributed by atoms with Gasteiger partial charge < -0.3 is 10.2 Å². The second-order valence-corrected chi connectivity index (χ2v) is 5.48. The summed E-state index contributed by atoms with van der Waals surface area (Å²) in [4.78, 5) is 20.3. The Balaban J connectivity index is 2.11. The predicted octanol–water partition coefficient (Wildman–Crippen LogP) is 3.14. The first-order valence-corrected chi connectivity index (χ1v) is 7.88. The molecule has 2 aromatic carbocycles. The van der Waals surface area contributed by atoms with Crippen molar-refractivity contribution < 1.29 is 4.92 Å². The molecule has 3 rings (SSSR count). The van der Waals surface area contributed by atoms with Crippen LogP contribution in [0.5, 0.6) is 0 Å². The largest absolute Gasteiger partial charge is 0.353 e. The van der Waals surface area contributed by atoms with Gasteiger partial charge in [0.2, 0.25) is 11.6 Å². The lowest BCUT2D eigenvalue weighted by Crippen LogP contribution is -2.26. The van der Waals surface area contributed by atoms with Gasteiger partial charge in [0, 0.05) is 11.1 Å².